The highest BCUT2D eigenvalue weighted by Crippen LogP contribution is 2.14. The minimum absolute atomic E-state index is 0.265. The number of aryl methyl sites for hydroxylation is 1. The topological polar surface area (TPSA) is 70.3 Å². The Hall–Kier alpha value is -1.66. The van der Waals surface area contributed by atoms with Gasteiger partial charge in [0, 0.05) is 23.6 Å². The minimum Gasteiger partial charge on any atom is -0.748 e. The average molecular weight is 281 g/mol. The molecule has 0 bridgehead atoms. The molecule has 0 aliphatic heterocycles. The first-order chi connectivity index (χ1) is 9.01. The van der Waals surface area contributed by atoms with Crippen molar-refractivity contribution in [2.45, 2.75) is 13.0 Å². The Bertz CT molecular complexity index is 682. The van der Waals surface area contributed by atoms with Crippen LogP contribution < -0.4 is 9.30 Å². The van der Waals surface area contributed by atoms with Gasteiger partial charge in [0.1, 0.15) is 0 Å². The summed E-state index contributed by atoms with van der Waals surface area (Å²) in [5.74, 6) is 0.272. The van der Waals surface area contributed by atoms with Crippen LogP contribution in [-0.2, 0) is 16.7 Å². The molecule has 0 aliphatic rings. The van der Waals surface area contributed by atoms with E-state index in [1.54, 1.807) is 7.11 Å². The second-order valence-electron chi connectivity index (χ2n) is 4.20. The van der Waals surface area contributed by atoms with Crippen LogP contribution in [-0.4, -0.2) is 25.8 Å². The van der Waals surface area contributed by atoms with Crippen LogP contribution in [0.2, 0.25) is 0 Å². The van der Waals surface area contributed by atoms with Gasteiger partial charge in [0.25, 0.3) is 0 Å². The van der Waals surface area contributed by atoms with Crippen molar-refractivity contribution >= 4 is 21.0 Å². The molecule has 19 heavy (non-hydrogen) atoms. The summed E-state index contributed by atoms with van der Waals surface area (Å²) in [4.78, 5) is 0. The molecule has 0 amide bonds. The van der Waals surface area contributed by atoms with Gasteiger partial charge in [-0.3, -0.25) is 0 Å². The second kappa shape index (κ2) is 5.54. The molecule has 2 rings (SSSR count). The molecule has 6 heteroatoms. The number of nitrogens with zero attached hydrogens (tertiary/aromatic N) is 1. The number of methoxy groups -OCH3 is 1. The van der Waals surface area contributed by atoms with Crippen molar-refractivity contribution in [3.63, 3.8) is 0 Å². The third-order valence-electron chi connectivity index (χ3n) is 2.88. The van der Waals surface area contributed by atoms with E-state index in [-0.39, 0.29) is 12.2 Å². The van der Waals surface area contributed by atoms with Gasteiger partial charge >= 0.3 is 5.88 Å². The Morgan fingerprint density at radius 1 is 1.21 bits per heavy atom. The predicted molar refractivity (Wildman–Crippen MR) is 69.9 cm³/mol. The number of ether oxygens (including phenoxy) is 1. The lowest BCUT2D eigenvalue weighted by atomic mass is 10.2. The van der Waals surface area contributed by atoms with Crippen LogP contribution in [0.1, 0.15) is 6.42 Å². The van der Waals surface area contributed by atoms with E-state index < -0.39 is 10.1 Å². The quantitative estimate of drug-likeness (QED) is 0.607. The van der Waals surface area contributed by atoms with Crippen LogP contribution >= 0.6 is 0 Å². The maximum Gasteiger partial charge on any atom is 0.368 e. The molecule has 5 nitrogen and oxygen atoms in total. The molecule has 0 atom stereocenters. The lowest BCUT2D eigenvalue weighted by Crippen LogP contribution is -2.37. The van der Waals surface area contributed by atoms with Crippen molar-refractivity contribution in [3.05, 3.63) is 36.4 Å². The standard InChI is InChI=1S/C13H15NO4S/c1-18-13-8-7-11-5-2-3-6-12(11)14(13)9-4-10-19(15,16)17/h2-3,5-8H,4,9-10H2,1H3. The van der Waals surface area contributed by atoms with Gasteiger partial charge in [0.05, 0.1) is 23.3 Å². The Morgan fingerprint density at radius 3 is 2.63 bits per heavy atom. The van der Waals surface area contributed by atoms with E-state index in [2.05, 4.69) is 0 Å². The molecule has 0 unspecified atom stereocenters. The molecular formula is C13H15NO4S. The molecule has 0 saturated heterocycles. The molecule has 0 aliphatic carbocycles. The van der Waals surface area contributed by atoms with Crippen molar-refractivity contribution in [3.8, 4) is 5.88 Å². The SMILES string of the molecule is COc1ccc2ccccc2[n+]1CCCS(=O)(=O)[O-]. The maximum atomic E-state index is 10.6. The fourth-order valence-corrected chi connectivity index (χ4v) is 2.54. The number of rotatable bonds is 5. The summed E-state index contributed by atoms with van der Waals surface area (Å²) in [6.45, 7) is 0.423. The largest absolute Gasteiger partial charge is 0.748 e. The lowest BCUT2D eigenvalue weighted by molar-refractivity contribution is -0.676. The summed E-state index contributed by atoms with van der Waals surface area (Å²) in [6.07, 6.45) is 0.265. The van der Waals surface area contributed by atoms with E-state index in [9.17, 15) is 13.0 Å². The van der Waals surface area contributed by atoms with E-state index in [0.717, 1.165) is 10.9 Å². The Balaban J connectivity index is 2.34. The number of fused-ring (bicyclic) bond motifs is 1. The first-order valence-electron chi connectivity index (χ1n) is 5.90. The number of hydrogen-bond acceptors (Lipinski definition) is 4. The highest BCUT2D eigenvalue weighted by molar-refractivity contribution is 7.85. The molecule has 102 valence electrons. The Labute approximate surface area is 112 Å². The molecule has 0 saturated carbocycles. The van der Waals surface area contributed by atoms with Crippen molar-refractivity contribution in [2.75, 3.05) is 12.9 Å². The van der Waals surface area contributed by atoms with Crippen molar-refractivity contribution in [1.29, 1.82) is 0 Å². The zero-order chi connectivity index (χ0) is 13.9. The van der Waals surface area contributed by atoms with Gasteiger partial charge in [0.15, 0.2) is 6.54 Å². The highest BCUT2D eigenvalue weighted by Gasteiger charge is 2.15. The van der Waals surface area contributed by atoms with E-state index in [1.165, 1.54) is 0 Å². The first kappa shape index (κ1) is 13.8. The van der Waals surface area contributed by atoms with Crippen LogP contribution in [0, 0.1) is 0 Å². The second-order valence-corrected chi connectivity index (χ2v) is 5.73. The molecule has 0 N–H and O–H groups in total. The number of aromatic nitrogens is 1. The molecule has 2 aromatic rings. The minimum atomic E-state index is -4.17. The van der Waals surface area contributed by atoms with E-state index in [4.69, 9.17) is 4.74 Å². The van der Waals surface area contributed by atoms with Gasteiger partial charge in [-0.05, 0) is 12.1 Å². The summed E-state index contributed by atoms with van der Waals surface area (Å²) in [5.41, 5.74) is 0.949. The summed E-state index contributed by atoms with van der Waals surface area (Å²) in [7, 11) is -2.61. The van der Waals surface area contributed by atoms with Gasteiger partial charge in [0.2, 0.25) is 5.52 Å². The first-order valence-corrected chi connectivity index (χ1v) is 7.48. The number of hydrogen-bond donors (Lipinski definition) is 0. The van der Waals surface area contributed by atoms with Gasteiger partial charge in [-0.2, -0.15) is 4.57 Å². The highest BCUT2D eigenvalue weighted by atomic mass is 32.2. The zero-order valence-electron chi connectivity index (χ0n) is 10.6. The summed E-state index contributed by atoms with van der Waals surface area (Å²) >= 11 is 0. The lowest BCUT2D eigenvalue weighted by Gasteiger charge is -2.07. The number of pyridine rings is 1. The monoisotopic (exact) mass is 281 g/mol. The summed E-state index contributed by atoms with van der Waals surface area (Å²) in [5, 5.41) is 1.04. The average Bonchev–Trinajstić information content (AvgIpc) is 2.37. The van der Waals surface area contributed by atoms with Crippen LogP contribution in [0.4, 0.5) is 0 Å². The molecule has 0 fully saturated rings. The van der Waals surface area contributed by atoms with Gasteiger partial charge in [-0.25, -0.2) is 8.42 Å². The van der Waals surface area contributed by atoms with Crippen molar-refractivity contribution in [2.24, 2.45) is 0 Å². The third-order valence-corrected chi connectivity index (χ3v) is 3.67. The van der Waals surface area contributed by atoms with E-state index in [1.807, 2.05) is 41.0 Å². The van der Waals surface area contributed by atoms with E-state index >= 15 is 0 Å². The van der Waals surface area contributed by atoms with Crippen molar-refractivity contribution < 1.29 is 22.3 Å². The molecule has 1 aromatic carbocycles. The van der Waals surface area contributed by atoms with Crippen molar-refractivity contribution in [1.82, 2.24) is 0 Å². The van der Waals surface area contributed by atoms with Gasteiger partial charge in [-0.15, -0.1) is 0 Å². The van der Waals surface area contributed by atoms with Gasteiger partial charge in [-0.1, -0.05) is 12.1 Å². The fourth-order valence-electron chi connectivity index (χ4n) is 2.05. The zero-order valence-corrected chi connectivity index (χ0v) is 11.4. The summed E-state index contributed by atoms with van der Waals surface area (Å²) in [6, 6.07) is 11.5. The summed E-state index contributed by atoms with van der Waals surface area (Å²) < 4.78 is 39.1. The van der Waals surface area contributed by atoms with Gasteiger partial charge < -0.3 is 9.29 Å². The van der Waals surface area contributed by atoms with E-state index in [0.29, 0.717) is 12.4 Å². The molecule has 1 aromatic heterocycles. The normalized spacial score (nSPS) is 11.7. The molecule has 0 spiro atoms. The molecular weight excluding hydrogens is 266 g/mol. The van der Waals surface area contributed by atoms with Crippen LogP contribution in [0.3, 0.4) is 0 Å². The van der Waals surface area contributed by atoms with Crippen LogP contribution in [0.15, 0.2) is 36.4 Å². The number of benzene rings is 1. The predicted octanol–water partition coefficient (Wildman–Crippen LogP) is 1.07. The number of para-hydroxylation sites is 1. The maximum absolute atomic E-state index is 10.6. The Kier molecular flexibility index (Phi) is 4.01. The van der Waals surface area contributed by atoms with Crippen LogP contribution in [0.5, 0.6) is 5.88 Å². The smallest absolute Gasteiger partial charge is 0.368 e. The molecule has 0 radical (unpaired) electrons. The third kappa shape index (κ3) is 3.42. The molecule has 1 heterocycles. The van der Waals surface area contributed by atoms with Crippen LogP contribution in [0.25, 0.3) is 10.9 Å². The fraction of sp³-hybridized carbons (Fsp3) is 0.308. The Morgan fingerprint density at radius 2 is 1.95 bits per heavy atom.